The van der Waals surface area contributed by atoms with Gasteiger partial charge in [-0.15, -0.1) is 0 Å². The van der Waals surface area contributed by atoms with Crippen molar-refractivity contribution in [3.05, 3.63) is 126 Å². The van der Waals surface area contributed by atoms with Gasteiger partial charge in [0, 0.05) is 38.5 Å². The molecule has 4 aromatic rings. The lowest BCUT2D eigenvalue weighted by Crippen LogP contribution is -2.53. The molecule has 1 heterocycles. The second kappa shape index (κ2) is 18.7. The van der Waals surface area contributed by atoms with Crippen LogP contribution in [0.2, 0.25) is 30.1 Å². The smallest absolute Gasteiger partial charge is 0.352 e. The minimum absolute atomic E-state index is 0.151. The van der Waals surface area contributed by atoms with E-state index in [9.17, 15) is 9.59 Å². The molecule has 15 heteroatoms. The van der Waals surface area contributed by atoms with Crippen LogP contribution in [-0.2, 0) is 14.3 Å². The monoisotopic (exact) mass is 844 g/mol. The highest BCUT2D eigenvalue weighted by molar-refractivity contribution is 6.44. The summed E-state index contributed by atoms with van der Waals surface area (Å²) in [6.07, 6.45) is 0.468. The van der Waals surface area contributed by atoms with Gasteiger partial charge in [0.15, 0.2) is 0 Å². The molecule has 1 fully saturated rings. The summed E-state index contributed by atoms with van der Waals surface area (Å²) in [5.74, 6) is -3.04. The summed E-state index contributed by atoms with van der Waals surface area (Å²) in [7, 11) is 0. The third-order valence-corrected chi connectivity index (χ3v) is 10.2. The van der Waals surface area contributed by atoms with Crippen LogP contribution in [0.15, 0.2) is 94.9 Å². The van der Waals surface area contributed by atoms with Crippen molar-refractivity contribution in [2.45, 2.75) is 32.8 Å². The predicted molar refractivity (Wildman–Crippen MR) is 221 cm³/mol. The number of hydrogen-bond acceptors (Lipinski definition) is 8. The Labute approximate surface area is 343 Å². The number of hydrogen-bond donors (Lipinski definition) is 3. The van der Waals surface area contributed by atoms with E-state index in [4.69, 9.17) is 95.1 Å². The van der Waals surface area contributed by atoms with Gasteiger partial charge < -0.3 is 4.74 Å². The average Bonchev–Trinajstić information content (AvgIpc) is 3.14. The molecule has 9 nitrogen and oxygen atoms in total. The molecule has 0 aliphatic carbocycles. The number of esters is 1. The van der Waals surface area contributed by atoms with Gasteiger partial charge in [0.1, 0.15) is 17.5 Å². The SMILES string of the molecule is CC(C(=N)C(=O)NN1CCCC(OC(=O)C(=N)C(C)C(=Nc2ccc(Cl)cc2Cl)c2ccc(Cl)cc2)C1)C(=Nc1ccc(Cl)cc1Cl)c1ccc(Cl)cc1. The van der Waals surface area contributed by atoms with Gasteiger partial charge >= 0.3 is 5.97 Å². The molecule has 0 spiro atoms. The largest absolute Gasteiger partial charge is 0.456 e. The predicted octanol–water partition coefficient (Wildman–Crippen LogP) is 10.9. The second-order valence-corrected chi connectivity index (χ2v) is 15.1. The van der Waals surface area contributed by atoms with Crippen LogP contribution in [0.1, 0.15) is 37.8 Å². The standard InChI is InChI=1S/C39H34Cl6N6O3/c1-21(36(23-5-9-25(40)10-6-23)48-32-15-13-27(42)18-30(32)44)34(46)38(52)50-51-17-3-4-29(20-51)54-39(53)35(47)22(2)37(24-7-11-26(41)12-8-24)49-33-16-14-28(43)19-31(33)45/h5-16,18-19,21-22,29,46-47H,3-4,17,20H2,1-2H3,(H,50,52). The lowest BCUT2D eigenvalue weighted by Gasteiger charge is -2.33. The number of rotatable bonds is 12. The molecular weight excluding hydrogens is 813 g/mol. The van der Waals surface area contributed by atoms with E-state index in [-0.39, 0.29) is 18.0 Å². The first-order chi connectivity index (χ1) is 25.7. The number of carbonyl (C=O) groups excluding carboxylic acids is 2. The molecule has 1 aliphatic rings. The molecule has 4 aromatic carbocycles. The fraction of sp³-hybridized carbons (Fsp3) is 0.231. The molecule has 280 valence electrons. The second-order valence-electron chi connectivity index (χ2n) is 12.5. The van der Waals surface area contributed by atoms with E-state index >= 15 is 0 Å². The Morgan fingerprint density at radius 2 is 1.15 bits per heavy atom. The van der Waals surface area contributed by atoms with Gasteiger partial charge in [0.25, 0.3) is 5.91 Å². The van der Waals surface area contributed by atoms with Crippen molar-refractivity contribution in [3.8, 4) is 0 Å². The molecule has 0 bridgehead atoms. The van der Waals surface area contributed by atoms with Gasteiger partial charge in [0.2, 0.25) is 0 Å². The number of benzene rings is 4. The first-order valence-electron chi connectivity index (χ1n) is 16.7. The van der Waals surface area contributed by atoms with E-state index in [1.54, 1.807) is 104 Å². The number of nitrogens with zero attached hydrogens (tertiary/aromatic N) is 3. The molecule has 3 atom stereocenters. The Balaban J connectivity index is 1.27. The summed E-state index contributed by atoms with van der Waals surface area (Å²) in [5.41, 5.74) is 5.17. The molecule has 1 saturated heterocycles. The van der Waals surface area contributed by atoms with Crippen LogP contribution in [0.5, 0.6) is 0 Å². The van der Waals surface area contributed by atoms with Crippen LogP contribution < -0.4 is 5.43 Å². The molecule has 0 radical (unpaired) electrons. The number of ether oxygens (including phenoxy) is 1. The number of hydrazine groups is 1. The molecule has 5 rings (SSSR count). The van der Waals surface area contributed by atoms with E-state index in [1.807, 2.05) is 0 Å². The maximum atomic E-state index is 13.5. The van der Waals surface area contributed by atoms with E-state index in [1.165, 1.54) is 0 Å². The highest BCUT2D eigenvalue weighted by Gasteiger charge is 2.31. The number of piperidine rings is 1. The van der Waals surface area contributed by atoms with Crippen LogP contribution >= 0.6 is 69.6 Å². The number of halogens is 6. The summed E-state index contributed by atoms with van der Waals surface area (Å²) >= 11 is 37.3. The molecule has 1 aliphatic heterocycles. The Hall–Kier alpha value is -3.80. The first kappa shape index (κ1) is 41.4. The fourth-order valence-electron chi connectivity index (χ4n) is 5.67. The van der Waals surface area contributed by atoms with Crippen LogP contribution in [0, 0.1) is 22.7 Å². The summed E-state index contributed by atoms with van der Waals surface area (Å²) in [6.45, 7) is 4.00. The minimum atomic E-state index is -0.824. The fourth-order valence-corrected chi connectivity index (χ4v) is 6.82. The summed E-state index contributed by atoms with van der Waals surface area (Å²) in [4.78, 5) is 36.4. The Morgan fingerprint density at radius 1 is 0.704 bits per heavy atom. The molecule has 0 saturated carbocycles. The van der Waals surface area contributed by atoms with Gasteiger partial charge in [0.05, 0.1) is 39.4 Å². The molecule has 54 heavy (non-hydrogen) atoms. The number of carbonyl (C=O) groups is 2. The minimum Gasteiger partial charge on any atom is -0.456 e. The van der Waals surface area contributed by atoms with Crippen molar-refractivity contribution >= 4 is 116 Å². The number of amides is 1. The number of nitrogens with one attached hydrogen (secondary N) is 3. The van der Waals surface area contributed by atoms with E-state index < -0.39 is 29.8 Å². The average molecular weight is 847 g/mol. The zero-order valence-corrected chi connectivity index (χ0v) is 33.5. The van der Waals surface area contributed by atoms with E-state index in [2.05, 4.69) is 5.43 Å². The highest BCUT2D eigenvalue weighted by Crippen LogP contribution is 2.32. The van der Waals surface area contributed by atoms with Gasteiger partial charge in [-0.05, 0) is 84.6 Å². The van der Waals surface area contributed by atoms with Crippen LogP contribution in [0.4, 0.5) is 11.4 Å². The van der Waals surface area contributed by atoms with Crippen molar-refractivity contribution in [1.82, 2.24) is 10.4 Å². The lowest BCUT2D eigenvalue weighted by atomic mass is 9.93. The number of aliphatic imine (C=N–C) groups is 2. The Morgan fingerprint density at radius 3 is 1.61 bits per heavy atom. The third-order valence-electron chi connectivity index (χ3n) is 8.64. The quantitative estimate of drug-likeness (QED) is 0.0968. The van der Waals surface area contributed by atoms with E-state index in [0.717, 1.165) is 0 Å². The van der Waals surface area contributed by atoms with Crippen molar-refractivity contribution in [2.75, 3.05) is 13.1 Å². The van der Waals surface area contributed by atoms with Crippen molar-refractivity contribution in [1.29, 1.82) is 10.8 Å². The van der Waals surface area contributed by atoms with Gasteiger partial charge in [-0.1, -0.05) is 108 Å². The molecule has 3 unspecified atom stereocenters. The maximum Gasteiger partial charge on any atom is 0.352 e. The van der Waals surface area contributed by atoms with Gasteiger partial charge in [-0.3, -0.25) is 31.0 Å². The zero-order chi connectivity index (χ0) is 39.1. The zero-order valence-electron chi connectivity index (χ0n) is 29.0. The maximum absolute atomic E-state index is 13.5. The molecule has 0 aromatic heterocycles. The molecule has 3 N–H and O–H groups in total. The third kappa shape index (κ3) is 10.7. The highest BCUT2D eigenvalue weighted by atomic mass is 35.5. The topological polar surface area (TPSA) is 131 Å². The summed E-state index contributed by atoms with van der Waals surface area (Å²) < 4.78 is 5.80. The van der Waals surface area contributed by atoms with Gasteiger partial charge in [-0.25, -0.2) is 9.80 Å². The van der Waals surface area contributed by atoms with Gasteiger partial charge in [-0.2, -0.15) is 0 Å². The Bertz CT molecular complexity index is 1980. The van der Waals surface area contributed by atoms with Crippen LogP contribution in [0.25, 0.3) is 0 Å². The normalized spacial score (nSPS) is 16.3. The van der Waals surface area contributed by atoms with Crippen LogP contribution in [0.3, 0.4) is 0 Å². The van der Waals surface area contributed by atoms with Crippen molar-refractivity contribution in [3.63, 3.8) is 0 Å². The van der Waals surface area contributed by atoms with E-state index in [0.29, 0.717) is 83.4 Å². The Kier molecular flexibility index (Phi) is 14.3. The van der Waals surface area contributed by atoms with Crippen molar-refractivity contribution in [2.24, 2.45) is 21.8 Å². The lowest BCUT2D eigenvalue weighted by molar-refractivity contribution is -0.144. The van der Waals surface area contributed by atoms with Crippen LogP contribution in [-0.4, -0.2) is 58.9 Å². The molecular formula is C39H34Cl6N6O3. The summed E-state index contributed by atoms with van der Waals surface area (Å²) in [6, 6.07) is 23.5. The first-order valence-corrected chi connectivity index (χ1v) is 19.0. The molecule has 1 amide bonds. The van der Waals surface area contributed by atoms with Crippen molar-refractivity contribution < 1.29 is 14.3 Å². The summed E-state index contributed by atoms with van der Waals surface area (Å²) in [5, 5.41) is 21.8.